The van der Waals surface area contributed by atoms with Crippen LogP contribution in [0.15, 0.2) is 18.5 Å². The van der Waals surface area contributed by atoms with Gasteiger partial charge in [-0.3, -0.25) is 0 Å². The maximum atomic E-state index is 12.4. The summed E-state index contributed by atoms with van der Waals surface area (Å²) in [6, 6.07) is 3.92. The van der Waals surface area contributed by atoms with E-state index in [2.05, 4.69) is 11.2 Å². The van der Waals surface area contributed by atoms with Gasteiger partial charge in [0.2, 0.25) is 0 Å². The molecule has 0 unspecified atom stereocenters. The first-order chi connectivity index (χ1) is 7.88. The van der Waals surface area contributed by atoms with Crippen LogP contribution in [0.5, 0.6) is 0 Å². The molecule has 18 heavy (non-hydrogen) atoms. The van der Waals surface area contributed by atoms with E-state index < -0.39 is 18.9 Å². The fourth-order valence-electron chi connectivity index (χ4n) is 1.61. The normalized spacial score (nSPS) is 11.9. The van der Waals surface area contributed by atoms with E-state index in [4.69, 9.17) is 10.2 Å². The molecule has 0 aliphatic carbocycles. The summed E-state index contributed by atoms with van der Waals surface area (Å²) in [6.45, 7) is 0. The van der Waals surface area contributed by atoms with Crippen molar-refractivity contribution in [1.82, 2.24) is 9.61 Å². The Balaban J connectivity index is 0.00000162. The molecule has 8 heteroatoms. The molecule has 2 rings (SSSR count). The molecular weight excluding hydrogens is 292 g/mol. The van der Waals surface area contributed by atoms with Crippen molar-refractivity contribution < 1.29 is 40.5 Å². The van der Waals surface area contributed by atoms with Crippen LogP contribution in [0.25, 0.3) is 5.52 Å². The maximum Gasteiger partial charge on any atom is 0.391 e. The topological polar surface area (TPSA) is 57.8 Å². The van der Waals surface area contributed by atoms with Crippen molar-refractivity contribution in [3.8, 4) is 0 Å². The number of aliphatic hydroxyl groups excluding tert-OH is 1. The quantitative estimate of drug-likeness (QED) is 0.498. The average Bonchev–Trinajstić information content (AvgIpc) is 2.63. The van der Waals surface area contributed by atoms with Crippen molar-refractivity contribution in [3.63, 3.8) is 0 Å². The molecule has 0 atom stereocenters. The molecular formula is C10H8F3MnN2O2-. The molecule has 1 radical (unpaired) electrons. The van der Waals surface area contributed by atoms with Crippen LogP contribution in [0.2, 0.25) is 0 Å². The monoisotopic (exact) mass is 300 g/mol. The Kier molecular flexibility index (Phi) is 4.39. The van der Waals surface area contributed by atoms with Crippen molar-refractivity contribution in [2.24, 2.45) is 0 Å². The van der Waals surface area contributed by atoms with Gasteiger partial charge in [0.15, 0.2) is 6.29 Å². The summed E-state index contributed by atoms with van der Waals surface area (Å²) >= 11 is 0. The SMILES string of the molecule is OC(O)c1cnn2c[c-]cc2c1CC(F)(F)F.[Mn]. The predicted octanol–water partition coefficient (Wildman–Crippen LogP) is 1.22. The summed E-state index contributed by atoms with van der Waals surface area (Å²) in [5.41, 5.74) is -0.293. The standard InChI is InChI=1S/C10H8F3N2O2.Mn/c11-10(12,13)4-6-7(9(16)17)5-14-15-3-1-2-8(6)15;/h2-3,5,9,16-17H,4H2;/q-1;. The molecule has 0 saturated heterocycles. The van der Waals surface area contributed by atoms with Gasteiger partial charge in [-0.2, -0.15) is 18.3 Å². The van der Waals surface area contributed by atoms with E-state index >= 15 is 0 Å². The van der Waals surface area contributed by atoms with Gasteiger partial charge in [-0.25, -0.2) is 12.1 Å². The Morgan fingerprint density at radius 1 is 1.39 bits per heavy atom. The molecule has 0 fully saturated rings. The second-order valence-corrected chi connectivity index (χ2v) is 3.51. The number of nitrogens with zero attached hydrogens (tertiary/aromatic N) is 2. The summed E-state index contributed by atoms with van der Waals surface area (Å²) in [5, 5.41) is 21.8. The number of aliphatic hydroxyl groups is 2. The molecule has 2 heterocycles. The van der Waals surface area contributed by atoms with Crippen molar-refractivity contribution in [2.45, 2.75) is 18.9 Å². The molecule has 2 aromatic heterocycles. The minimum absolute atomic E-state index is 0. The van der Waals surface area contributed by atoms with Crippen LogP contribution in [-0.2, 0) is 23.5 Å². The third kappa shape index (κ3) is 3.02. The number of rotatable bonds is 2. The molecule has 99 valence electrons. The third-order valence-electron chi connectivity index (χ3n) is 2.30. The van der Waals surface area contributed by atoms with E-state index in [9.17, 15) is 13.2 Å². The zero-order valence-corrected chi connectivity index (χ0v) is 10.00. The molecule has 0 bridgehead atoms. The van der Waals surface area contributed by atoms with Crippen LogP contribution >= 0.6 is 0 Å². The van der Waals surface area contributed by atoms with Crippen molar-refractivity contribution in [1.29, 1.82) is 0 Å². The van der Waals surface area contributed by atoms with Gasteiger partial charge in [-0.15, -0.1) is 0 Å². The van der Waals surface area contributed by atoms with Crippen LogP contribution in [0.4, 0.5) is 13.2 Å². The summed E-state index contributed by atoms with van der Waals surface area (Å²) in [5.74, 6) is 0. The summed E-state index contributed by atoms with van der Waals surface area (Å²) in [6.07, 6.45) is -5.30. The Morgan fingerprint density at radius 2 is 2.06 bits per heavy atom. The summed E-state index contributed by atoms with van der Waals surface area (Å²) in [4.78, 5) is 0. The van der Waals surface area contributed by atoms with Crippen LogP contribution in [-0.4, -0.2) is 26.0 Å². The number of fused-ring (bicyclic) bond motifs is 1. The second-order valence-electron chi connectivity index (χ2n) is 3.51. The van der Waals surface area contributed by atoms with Crippen molar-refractivity contribution in [3.05, 3.63) is 35.7 Å². The van der Waals surface area contributed by atoms with Crippen LogP contribution in [0.1, 0.15) is 17.4 Å². The van der Waals surface area contributed by atoms with E-state index in [0.717, 1.165) is 6.20 Å². The minimum atomic E-state index is -4.43. The Morgan fingerprint density at radius 3 is 2.61 bits per heavy atom. The van der Waals surface area contributed by atoms with Crippen molar-refractivity contribution in [2.75, 3.05) is 0 Å². The number of halogens is 3. The smallest absolute Gasteiger partial charge is 0.364 e. The first kappa shape index (κ1) is 15.0. The fourth-order valence-corrected chi connectivity index (χ4v) is 1.61. The maximum absolute atomic E-state index is 12.4. The summed E-state index contributed by atoms with van der Waals surface area (Å²) < 4.78 is 38.4. The van der Waals surface area contributed by atoms with Crippen LogP contribution in [0, 0.1) is 6.07 Å². The zero-order chi connectivity index (χ0) is 12.6. The van der Waals surface area contributed by atoms with Crippen molar-refractivity contribution >= 4 is 5.52 Å². The minimum Gasteiger partial charge on any atom is -0.364 e. The number of alkyl halides is 3. The second kappa shape index (κ2) is 5.27. The molecule has 0 spiro atoms. The van der Waals surface area contributed by atoms with Crippen LogP contribution < -0.4 is 0 Å². The number of aromatic nitrogens is 2. The molecule has 0 aliphatic heterocycles. The first-order valence-corrected chi connectivity index (χ1v) is 4.67. The van der Waals surface area contributed by atoms with E-state index in [-0.39, 0.29) is 33.7 Å². The summed E-state index contributed by atoms with van der Waals surface area (Å²) in [7, 11) is 0. The molecule has 2 aromatic rings. The van der Waals surface area contributed by atoms with E-state index in [1.54, 1.807) is 0 Å². The molecule has 0 amide bonds. The third-order valence-corrected chi connectivity index (χ3v) is 2.30. The molecule has 0 saturated carbocycles. The van der Waals surface area contributed by atoms with Gasteiger partial charge in [0.1, 0.15) is 0 Å². The van der Waals surface area contributed by atoms with E-state index in [1.165, 1.54) is 16.8 Å². The van der Waals surface area contributed by atoms with Gasteiger partial charge in [-0.05, 0) is 0 Å². The molecule has 0 aliphatic rings. The van der Waals surface area contributed by atoms with Gasteiger partial charge < -0.3 is 14.7 Å². The Labute approximate surface area is 111 Å². The van der Waals surface area contributed by atoms with Gasteiger partial charge in [0, 0.05) is 22.6 Å². The molecule has 2 N–H and O–H groups in total. The zero-order valence-electron chi connectivity index (χ0n) is 8.82. The van der Waals surface area contributed by atoms with Gasteiger partial charge in [-0.1, -0.05) is 17.3 Å². The molecule has 0 aromatic carbocycles. The Bertz CT molecular complexity index is 539. The first-order valence-electron chi connectivity index (χ1n) is 4.67. The average molecular weight is 300 g/mol. The molecule has 4 nitrogen and oxygen atoms in total. The van der Waals surface area contributed by atoms with Crippen LogP contribution in [0.3, 0.4) is 0 Å². The number of hydrogen-bond donors (Lipinski definition) is 2. The van der Waals surface area contributed by atoms with E-state index in [0.29, 0.717) is 0 Å². The van der Waals surface area contributed by atoms with Gasteiger partial charge >= 0.3 is 6.18 Å². The largest absolute Gasteiger partial charge is 0.391 e. The Hall–Kier alpha value is -1.08. The van der Waals surface area contributed by atoms with E-state index in [1.807, 2.05) is 0 Å². The predicted molar refractivity (Wildman–Crippen MR) is 51.0 cm³/mol. The van der Waals surface area contributed by atoms with Gasteiger partial charge in [0.25, 0.3) is 0 Å². The van der Waals surface area contributed by atoms with Gasteiger partial charge in [0.05, 0.1) is 12.6 Å². The number of hydrogen-bond acceptors (Lipinski definition) is 3. The fraction of sp³-hybridized carbons (Fsp3) is 0.300.